The zero-order valence-electron chi connectivity index (χ0n) is 63.3. The number of ether oxygens (including phenoxy) is 14. The molecule has 39 heteroatoms. The molecular weight excluding hydrogens is 1490 g/mol. The molecule has 0 aromatic rings. The third-order valence-corrected chi connectivity index (χ3v) is 27.1. The SMILES string of the molecule is C[C@H](CC[C@@H](O[C@@H]1O[C@H](CO[C@@H]2O[C@H](CO[C@@H]3O[C@H](CO)[C@@H](O)[C@H](O)[C@H]3O)[C@@H](O)[C@H](O)[C@H]2O)[C@@H](O)[C@H](O)[C@H]1O[C@@H]1O[C@H](CO)[C@@H](O)[C@H](O)[C@H]1O)C(C)(C)O)[C@H]1CC[C@@]2(C)[C@@H]3CC=C4C(CC[C@H](O[C@@H]5O[C@H](CO[C@@H]6O[C@H](CO[C@@H]7O[C@H](CO)[C@@H](O)[C@H](O)[C@H]7O)[C@@H](O)[C@H](O)[C@H]6O)[C@@H](O)[C@H](O)[C@H]5O)C4(C)C)[C@]3(C)[C@H](O)C[C@]12C. The van der Waals surface area contributed by atoms with Gasteiger partial charge < -0.3 is 194 Å². The summed E-state index contributed by atoms with van der Waals surface area (Å²) in [4.78, 5) is 0. The van der Waals surface area contributed by atoms with E-state index in [2.05, 4.69) is 33.8 Å². The van der Waals surface area contributed by atoms with Gasteiger partial charge in [0.1, 0.15) is 171 Å². The zero-order chi connectivity index (χ0) is 81.5. The largest absolute Gasteiger partial charge is 0.394 e. The summed E-state index contributed by atoms with van der Waals surface area (Å²) < 4.78 is 82.4. The Hall–Kier alpha value is -1.82. The molecule has 7 heterocycles. The fourth-order valence-electron chi connectivity index (χ4n) is 19.8. The van der Waals surface area contributed by atoms with Crippen LogP contribution in [0.1, 0.15) is 107 Å². The number of hydrogen-bond acceptors (Lipinski definition) is 39. The molecule has 11 aliphatic rings. The molecule has 11 rings (SSSR count). The van der Waals surface area contributed by atoms with Crippen LogP contribution in [0.15, 0.2) is 11.6 Å². The fourth-order valence-corrected chi connectivity index (χ4v) is 19.8. The molecule has 0 spiro atoms. The third-order valence-electron chi connectivity index (χ3n) is 27.1. The number of hydrogen-bond donors (Lipinski definition) is 25. The van der Waals surface area contributed by atoms with E-state index in [-0.39, 0.29) is 35.5 Å². The van der Waals surface area contributed by atoms with Crippen LogP contribution in [-0.2, 0) is 66.3 Å². The van der Waals surface area contributed by atoms with Gasteiger partial charge in [-0.15, -0.1) is 0 Å². The molecule has 7 saturated heterocycles. The average molecular weight is 1610 g/mol. The van der Waals surface area contributed by atoms with E-state index in [0.29, 0.717) is 32.1 Å². The van der Waals surface area contributed by atoms with E-state index < -0.39 is 301 Å². The Bertz CT molecular complexity index is 3010. The summed E-state index contributed by atoms with van der Waals surface area (Å²) in [7, 11) is 0. The fraction of sp³-hybridized carbons (Fsp3) is 0.972. The van der Waals surface area contributed by atoms with Crippen LogP contribution in [0.5, 0.6) is 0 Å². The smallest absolute Gasteiger partial charge is 0.187 e. The lowest BCUT2D eigenvalue weighted by Crippen LogP contribution is -2.65. The molecule has 4 aliphatic carbocycles. The Kier molecular flexibility index (Phi) is 28.7. The maximum Gasteiger partial charge on any atom is 0.187 e. The first kappa shape index (κ1) is 90.0. The summed E-state index contributed by atoms with van der Waals surface area (Å²) in [5, 5.41) is 272. The molecule has 0 aromatic carbocycles. The predicted octanol–water partition coefficient (Wildman–Crippen LogP) is -9.76. The Morgan fingerprint density at radius 1 is 0.414 bits per heavy atom. The normalized spacial score (nSPS) is 52.3. The van der Waals surface area contributed by atoms with Gasteiger partial charge in [0, 0.05) is 10.8 Å². The third kappa shape index (κ3) is 17.1. The second-order valence-corrected chi connectivity index (χ2v) is 34.4. The highest BCUT2D eigenvalue weighted by Gasteiger charge is 2.71. The molecule has 111 heavy (non-hydrogen) atoms. The highest BCUT2D eigenvalue weighted by atomic mass is 16.8. The van der Waals surface area contributed by atoms with Crippen LogP contribution in [0.25, 0.3) is 0 Å². The highest BCUT2D eigenvalue weighted by molar-refractivity contribution is 5.32. The van der Waals surface area contributed by atoms with Gasteiger partial charge in [-0.05, 0) is 99.7 Å². The zero-order valence-corrected chi connectivity index (χ0v) is 63.3. The Morgan fingerprint density at radius 2 is 0.766 bits per heavy atom. The molecule has 7 aliphatic heterocycles. The van der Waals surface area contributed by atoms with Crippen molar-refractivity contribution in [1.82, 2.24) is 0 Å². The van der Waals surface area contributed by atoms with Gasteiger partial charge in [0.15, 0.2) is 44.0 Å². The van der Waals surface area contributed by atoms with Crippen LogP contribution in [0.3, 0.4) is 0 Å². The van der Waals surface area contributed by atoms with Crippen molar-refractivity contribution in [3.05, 3.63) is 11.6 Å². The summed E-state index contributed by atoms with van der Waals surface area (Å²) >= 11 is 0. The van der Waals surface area contributed by atoms with E-state index in [1.165, 1.54) is 13.8 Å². The Labute approximate surface area is 640 Å². The predicted molar refractivity (Wildman–Crippen MR) is 366 cm³/mol. The van der Waals surface area contributed by atoms with Crippen molar-refractivity contribution in [2.75, 3.05) is 46.2 Å². The summed E-state index contributed by atoms with van der Waals surface area (Å²) in [6, 6.07) is 0. The number of aliphatic hydroxyl groups excluding tert-OH is 24. The van der Waals surface area contributed by atoms with Gasteiger partial charge in [0.05, 0.1) is 70.2 Å². The van der Waals surface area contributed by atoms with Gasteiger partial charge in [-0.1, -0.05) is 53.2 Å². The summed E-state index contributed by atoms with van der Waals surface area (Å²) in [6.07, 6.45) is -58.2. The lowest BCUT2D eigenvalue weighted by molar-refractivity contribution is -0.380. The highest BCUT2D eigenvalue weighted by Crippen LogP contribution is 2.75. The minimum Gasteiger partial charge on any atom is -0.394 e. The first-order valence-corrected chi connectivity index (χ1v) is 38.6. The second kappa shape index (κ2) is 35.5. The standard InChI is InChI=1S/C72H122O39/c1-25(9-13-39(69(4,5)97)110-67-60(111-66-59(96)49(86)42(79)31(20-75)104-66)53(90)46(83)35(108-67)24-101-64-57(94)51(88)44(81)33(106-64)22-99-62-55(92)48(85)41(78)30(19-74)103-62)26-15-16-70(6)36-12-10-27-28(72(36,8)37(76)17-71(26,70)7)11-14-38(68(27,2)3)109-65-58(95)52(89)45(82)34(107-65)23-100-63-56(93)50(87)43(80)32(105-63)21-98-61-54(91)47(84)40(77)29(18-73)102-61/h10,25-26,28-67,73-97H,9,11-24H2,1-8H3/t25-,26-,28?,29-,30-,31-,32-,33-,34-,35-,36+,37-,38+,39-,40-,41-,42-,43-,44-,45-,46-,47+,48+,49+,50+,51+,52+,53+,54-,55-,56-,57-,58-,59-,60-,61-,62-,63-,64-,65+,66+,67+,70+,71-,72+/m1/s1. The maximum absolute atomic E-state index is 13.0. The van der Waals surface area contributed by atoms with Gasteiger partial charge >= 0.3 is 0 Å². The molecule has 45 atom stereocenters. The molecule has 0 aromatic heterocycles. The Morgan fingerprint density at radius 3 is 1.17 bits per heavy atom. The van der Waals surface area contributed by atoms with Crippen LogP contribution in [0, 0.1) is 45.3 Å². The quantitative estimate of drug-likeness (QED) is 0.0358. The molecule has 1 unspecified atom stereocenters. The molecule has 0 radical (unpaired) electrons. The number of rotatable bonds is 26. The van der Waals surface area contributed by atoms with Crippen molar-refractivity contribution in [3.63, 3.8) is 0 Å². The van der Waals surface area contributed by atoms with Crippen molar-refractivity contribution in [2.45, 2.75) is 346 Å². The maximum atomic E-state index is 13.0. The van der Waals surface area contributed by atoms with E-state index in [1.54, 1.807) is 0 Å². The van der Waals surface area contributed by atoms with E-state index in [1.807, 2.05) is 13.8 Å². The second-order valence-electron chi connectivity index (χ2n) is 34.4. The molecular formula is C72H122O39. The van der Waals surface area contributed by atoms with Crippen molar-refractivity contribution in [1.29, 1.82) is 0 Å². The van der Waals surface area contributed by atoms with Crippen molar-refractivity contribution in [2.24, 2.45) is 45.3 Å². The lowest BCUT2D eigenvalue weighted by Gasteiger charge is -2.67. The average Bonchev–Trinajstić information content (AvgIpc) is 1.62. The molecule has 0 amide bonds. The van der Waals surface area contributed by atoms with E-state index in [4.69, 9.17) is 66.3 Å². The molecule has 25 N–H and O–H groups in total. The number of aliphatic hydroxyl groups is 25. The molecule has 39 nitrogen and oxygen atoms in total. The van der Waals surface area contributed by atoms with Crippen LogP contribution in [0.2, 0.25) is 0 Å². The Balaban J connectivity index is 0.741. The minimum absolute atomic E-state index is 0.00731. The summed E-state index contributed by atoms with van der Waals surface area (Å²) in [6.45, 7) is 10.6. The first-order chi connectivity index (χ1) is 52.0. The lowest BCUT2D eigenvalue weighted by atomic mass is 9.38. The molecule has 3 saturated carbocycles. The minimum atomic E-state index is -2.06. The number of allylic oxidation sites excluding steroid dienone is 1. The van der Waals surface area contributed by atoms with Gasteiger partial charge in [0.2, 0.25) is 0 Å². The van der Waals surface area contributed by atoms with Crippen LogP contribution in [-0.4, -0.2) is 413 Å². The summed E-state index contributed by atoms with van der Waals surface area (Å²) in [5.41, 5.74) is -2.95. The van der Waals surface area contributed by atoms with Crippen LogP contribution < -0.4 is 0 Å². The van der Waals surface area contributed by atoms with Gasteiger partial charge in [-0.25, -0.2) is 0 Å². The van der Waals surface area contributed by atoms with Gasteiger partial charge in [0.25, 0.3) is 0 Å². The van der Waals surface area contributed by atoms with Crippen LogP contribution in [0.4, 0.5) is 0 Å². The van der Waals surface area contributed by atoms with Crippen molar-refractivity contribution in [3.8, 4) is 0 Å². The van der Waals surface area contributed by atoms with E-state index >= 15 is 0 Å². The topological polar surface area (TPSA) is 635 Å². The van der Waals surface area contributed by atoms with Crippen molar-refractivity contribution < 1.29 is 194 Å². The van der Waals surface area contributed by atoms with Crippen molar-refractivity contribution >= 4 is 0 Å². The van der Waals surface area contributed by atoms with E-state index in [0.717, 1.165) is 18.4 Å². The first-order valence-electron chi connectivity index (χ1n) is 38.6. The van der Waals surface area contributed by atoms with E-state index in [9.17, 15) is 128 Å². The van der Waals surface area contributed by atoms with Crippen LogP contribution >= 0.6 is 0 Å². The summed E-state index contributed by atoms with van der Waals surface area (Å²) in [5.74, 6) is -0.314. The van der Waals surface area contributed by atoms with Gasteiger partial charge in [-0.2, -0.15) is 0 Å². The number of fused-ring (bicyclic) bond motifs is 5. The molecule has 644 valence electrons. The molecule has 10 fully saturated rings. The monoisotopic (exact) mass is 1610 g/mol. The molecule has 0 bridgehead atoms. The van der Waals surface area contributed by atoms with Gasteiger partial charge in [-0.3, -0.25) is 0 Å².